The number of aliphatic hydroxyl groups is 1. The van der Waals surface area contributed by atoms with Crippen molar-refractivity contribution in [3.05, 3.63) is 48.0 Å². The van der Waals surface area contributed by atoms with Crippen molar-refractivity contribution in [2.24, 2.45) is 0 Å². The lowest BCUT2D eigenvalue weighted by atomic mass is 9.99. The summed E-state index contributed by atoms with van der Waals surface area (Å²) >= 11 is 0. The minimum absolute atomic E-state index is 0. The second kappa shape index (κ2) is 7.07. The first kappa shape index (κ1) is 17.0. The third kappa shape index (κ3) is 4.78. The van der Waals surface area contributed by atoms with Crippen LogP contribution in [0.3, 0.4) is 0 Å². The summed E-state index contributed by atoms with van der Waals surface area (Å²) in [5.74, 6) is 0. The standard InChI is InChI=1S/C17H23NO.ClH/c1-17(2,3)18-12-15(19)11-14-9-6-8-13-7-4-5-10-16(13)14;/h4-10,15,18-19H,11-12H2,1-3H3;1H. The third-order valence-electron chi connectivity index (χ3n) is 3.34. The van der Waals surface area contributed by atoms with Crippen molar-refractivity contribution < 1.29 is 22.8 Å². The van der Waals surface area contributed by atoms with E-state index in [2.05, 4.69) is 68.6 Å². The van der Waals surface area contributed by atoms with Gasteiger partial charge in [0, 0.05) is 6.42 Å². The van der Waals surface area contributed by atoms with Crippen LogP contribution in [0.25, 0.3) is 10.8 Å². The number of aliphatic hydroxyl groups excluding tert-OH is 1. The highest BCUT2D eigenvalue weighted by Gasteiger charge is 2.16. The van der Waals surface area contributed by atoms with Crippen LogP contribution in [0.15, 0.2) is 42.5 Å². The molecule has 0 heterocycles. The first-order valence-corrected chi connectivity index (χ1v) is 6.95. The Kier molecular flexibility index (Phi) is 6.00. The molecule has 2 nitrogen and oxygen atoms in total. The molecule has 1 unspecified atom stereocenters. The van der Waals surface area contributed by atoms with Crippen molar-refractivity contribution in [1.82, 2.24) is 0 Å². The summed E-state index contributed by atoms with van der Waals surface area (Å²) in [5, 5.41) is 14.9. The predicted molar refractivity (Wildman–Crippen MR) is 80.2 cm³/mol. The van der Waals surface area contributed by atoms with Crippen LogP contribution in [0.2, 0.25) is 0 Å². The Balaban J connectivity index is 0.00000200. The number of nitrogens with two attached hydrogens (primary N) is 1. The first-order chi connectivity index (χ1) is 8.96. The Labute approximate surface area is 127 Å². The van der Waals surface area contributed by atoms with E-state index in [1.165, 1.54) is 16.3 Å². The van der Waals surface area contributed by atoms with Gasteiger partial charge >= 0.3 is 0 Å². The molecule has 20 heavy (non-hydrogen) atoms. The van der Waals surface area contributed by atoms with E-state index in [4.69, 9.17) is 0 Å². The zero-order valence-corrected chi connectivity index (χ0v) is 13.2. The van der Waals surface area contributed by atoms with E-state index in [0.29, 0.717) is 6.42 Å². The van der Waals surface area contributed by atoms with Gasteiger partial charge in [-0.25, -0.2) is 0 Å². The smallest absolute Gasteiger partial charge is 0.107 e. The van der Waals surface area contributed by atoms with Gasteiger partial charge in [-0.3, -0.25) is 0 Å². The number of hydrogen-bond acceptors (Lipinski definition) is 1. The SMILES string of the molecule is CC(C)(C)[NH2+]CC(O)Cc1cccc2ccccc12.[Cl-]. The summed E-state index contributed by atoms with van der Waals surface area (Å²) in [6.45, 7) is 7.24. The summed E-state index contributed by atoms with van der Waals surface area (Å²) in [7, 11) is 0. The molecule has 3 N–H and O–H groups in total. The van der Waals surface area contributed by atoms with Crippen molar-refractivity contribution in [1.29, 1.82) is 0 Å². The molecule has 110 valence electrons. The van der Waals surface area contributed by atoms with Gasteiger partial charge in [0.15, 0.2) is 0 Å². The Bertz CT molecular complexity index is 543. The van der Waals surface area contributed by atoms with E-state index in [1.807, 2.05) is 0 Å². The highest BCUT2D eigenvalue weighted by molar-refractivity contribution is 5.85. The molecule has 3 heteroatoms. The molecule has 0 saturated heterocycles. The van der Waals surface area contributed by atoms with Gasteiger partial charge in [0.2, 0.25) is 0 Å². The van der Waals surface area contributed by atoms with Crippen LogP contribution in [0.4, 0.5) is 0 Å². The van der Waals surface area contributed by atoms with Crippen LogP contribution in [0.1, 0.15) is 26.3 Å². The van der Waals surface area contributed by atoms with E-state index in [-0.39, 0.29) is 24.0 Å². The molecule has 0 fully saturated rings. The lowest BCUT2D eigenvalue weighted by molar-refractivity contribution is -0.721. The fraction of sp³-hybridized carbons (Fsp3) is 0.412. The molecule has 0 spiro atoms. The van der Waals surface area contributed by atoms with E-state index < -0.39 is 0 Å². The van der Waals surface area contributed by atoms with Crippen LogP contribution < -0.4 is 17.7 Å². The number of benzene rings is 2. The van der Waals surface area contributed by atoms with Gasteiger partial charge in [0.05, 0.1) is 5.54 Å². The molecule has 0 aliphatic heterocycles. The Morgan fingerprint density at radius 2 is 1.70 bits per heavy atom. The molecule has 2 aromatic carbocycles. The minimum atomic E-state index is -0.301. The van der Waals surface area contributed by atoms with Crippen molar-refractivity contribution in [2.75, 3.05) is 6.54 Å². The Morgan fingerprint density at radius 1 is 1.05 bits per heavy atom. The lowest BCUT2D eigenvalue weighted by Gasteiger charge is -2.19. The average Bonchev–Trinajstić information content (AvgIpc) is 2.36. The molecule has 0 aliphatic carbocycles. The maximum Gasteiger partial charge on any atom is 0.107 e. The van der Waals surface area contributed by atoms with Crippen molar-refractivity contribution >= 4 is 10.8 Å². The van der Waals surface area contributed by atoms with E-state index in [9.17, 15) is 5.11 Å². The summed E-state index contributed by atoms with van der Waals surface area (Å²) < 4.78 is 0. The summed E-state index contributed by atoms with van der Waals surface area (Å²) in [6, 6.07) is 14.7. The predicted octanol–water partition coefficient (Wildman–Crippen LogP) is -0.891. The van der Waals surface area contributed by atoms with Crippen molar-refractivity contribution in [3.8, 4) is 0 Å². The van der Waals surface area contributed by atoms with Crippen LogP contribution in [-0.4, -0.2) is 23.3 Å². The summed E-state index contributed by atoms with van der Waals surface area (Å²) in [6.07, 6.45) is 0.415. The molecule has 0 saturated carbocycles. The van der Waals surface area contributed by atoms with Gasteiger partial charge in [0.1, 0.15) is 12.6 Å². The van der Waals surface area contributed by atoms with Gasteiger partial charge < -0.3 is 22.8 Å². The molecular weight excluding hydrogens is 270 g/mol. The number of fused-ring (bicyclic) bond motifs is 1. The highest BCUT2D eigenvalue weighted by atomic mass is 35.5. The second-order valence-corrected chi connectivity index (χ2v) is 6.30. The molecule has 2 aromatic rings. The zero-order valence-electron chi connectivity index (χ0n) is 12.4. The second-order valence-electron chi connectivity index (χ2n) is 6.30. The molecule has 1 atom stereocenters. The molecule has 0 aliphatic rings. The Hall–Kier alpha value is -1.09. The highest BCUT2D eigenvalue weighted by Crippen LogP contribution is 2.19. The van der Waals surface area contributed by atoms with Gasteiger partial charge in [-0.2, -0.15) is 0 Å². The largest absolute Gasteiger partial charge is 1.00 e. The van der Waals surface area contributed by atoms with Crippen molar-refractivity contribution in [3.63, 3.8) is 0 Å². The molecule has 0 aromatic heterocycles. The van der Waals surface area contributed by atoms with E-state index >= 15 is 0 Å². The topological polar surface area (TPSA) is 36.8 Å². The fourth-order valence-corrected chi connectivity index (χ4v) is 2.30. The van der Waals surface area contributed by atoms with Gasteiger partial charge in [-0.05, 0) is 37.1 Å². The number of rotatable bonds is 4. The van der Waals surface area contributed by atoms with Crippen LogP contribution >= 0.6 is 0 Å². The van der Waals surface area contributed by atoms with Crippen LogP contribution in [0.5, 0.6) is 0 Å². The van der Waals surface area contributed by atoms with Crippen molar-refractivity contribution in [2.45, 2.75) is 38.8 Å². The summed E-state index contributed by atoms with van der Waals surface area (Å²) in [5.41, 5.74) is 1.40. The molecule has 2 rings (SSSR count). The van der Waals surface area contributed by atoms with Gasteiger partial charge in [-0.1, -0.05) is 42.5 Å². The molecule has 0 radical (unpaired) electrons. The van der Waals surface area contributed by atoms with Crippen LogP contribution in [-0.2, 0) is 6.42 Å². The summed E-state index contributed by atoms with van der Waals surface area (Å²) in [4.78, 5) is 0. The van der Waals surface area contributed by atoms with E-state index in [1.54, 1.807) is 0 Å². The zero-order chi connectivity index (χ0) is 13.9. The maximum absolute atomic E-state index is 10.2. The fourth-order valence-electron chi connectivity index (χ4n) is 2.30. The lowest BCUT2D eigenvalue weighted by Crippen LogP contribution is -3.00. The number of halogens is 1. The quantitative estimate of drug-likeness (QED) is 0.754. The normalized spacial score (nSPS) is 13.0. The molecular formula is C17H24ClNO. The van der Waals surface area contributed by atoms with Gasteiger partial charge in [0.25, 0.3) is 0 Å². The number of quaternary nitrogens is 1. The average molecular weight is 294 g/mol. The third-order valence-corrected chi connectivity index (χ3v) is 3.34. The maximum atomic E-state index is 10.2. The Morgan fingerprint density at radius 3 is 2.40 bits per heavy atom. The minimum Gasteiger partial charge on any atom is -1.00 e. The first-order valence-electron chi connectivity index (χ1n) is 6.95. The molecule has 0 amide bonds. The number of hydrogen-bond donors (Lipinski definition) is 2. The monoisotopic (exact) mass is 293 g/mol. The van der Waals surface area contributed by atoms with E-state index in [0.717, 1.165) is 6.54 Å². The molecule has 0 bridgehead atoms. The van der Waals surface area contributed by atoms with Crippen LogP contribution in [0, 0.1) is 0 Å². The van der Waals surface area contributed by atoms with Gasteiger partial charge in [-0.15, -0.1) is 0 Å².